The molecule has 0 saturated carbocycles. The maximum atomic E-state index is 12.6. The van der Waals surface area contributed by atoms with Gasteiger partial charge >= 0.3 is 0 Å². The van der Waals surface area contributed by atoms with E-state index in [1.807, 2.05) is 43.0 Å². The van der Waals surface area contributed by atoms with Gasteiger partial charge in [-0.15, -0.1) is 0 Å². The van der Waals surface area contributed by atoms with E-state index in [0.717, 1.165) is 37.2 Å². The molecule has 1 aliphatic heterocycles. The predicted molar refractivity (Wildman–Crippen MR) is 96.6 cm³/mol. The minimum absolute atomic E-state index is 0.0200. The van der Waals surface area contributed by atoms with E-state index in [4.69, 9.17) is 0 Å². The lowest BCUT2D eigenvalue weighted by atomic mass is 9.95. The number of hydrogen-bond donors (Lipinski definition) is 2. The molecule has 0 unspecified atom stereocenters. The van der Waals surface area contributed by atoms with Gasteiger partial charge in [0, 0.05) is 37.2 Å². The summed E-state index contributed by atoms with van der Waals surface area (Å²) < 4.78 is 0. The number of nitrogens with one attached hydrogen (secondary N) is 2. The Morgan fingerprint density at radius 3 is 2.50 bits per heavy atom. The fourth-order valence-electron chi connectivity index (χ4n) is 3.02. The molecule has 0 radical (unpaired) electrons. The number of hydrogen-bond acceptors (Lipinski definition) is 3. The Kier molecular flexibility index (Phi) is 6.79. The number of carbonyl (C=O) groups is 2. The molecular weight excluding hydrogens is 302 g/mol. The molecule has 1 aliphatic rings. The van der Waals surface area contributed by atoms with E-state index in [1.54, 1.807) is 0 Å². The van der Waals surface area contributed by atoms with Crippen molar-refractivity contribution in [2.75, 3.05) is 25.0 Å². The summed E-state index contributed by atoms with van der Waals surface area (Å²) in [6, 6.07) is 7.90. The smallest absolute Gasteiger partial charge is 0.227 e. The number of para-hydroxylation sites is 1. The number of amides is 2. The summed E-state index contributed by atoms with van der Waals surface area (Å²) in [6.45, 7) is 8.89. The van der Waals surface area contributed by atoms with E-state index in [2.05, 4.69) is 17.6 Å². The second-order valence-electron chi connectivity index (χ2n) is 6.68. The van der Waals surface area contributed by atoms with Gasteiger partial charge in [-0.05, 0) is 31.0 Å². The molecule has 5 nitrogen and oxygen atoms in total. The molecule has 2 rings (SSSR count). The Balaban J connectivity index is 1.91. The third kappa shape index (κ3) is 4.81. The third-order valence-corrected chi connectivity index (χ3v) is 4.51. The number of likely N-dealkylation sites (tertiary alicyclic amines) is 1. The molecule has 0 spiro atoms. The van der Waals surface area contributed by atoms with Gasteiger partial charge in [0.05, 0.1) is 0 Å². The van der Waals surface area contributed by atoms with Crippen molar-refractivity contribution in [3.63, 3.8) is 0 Å². The number of benzene rings is 1. The minimum atomic E-state index is -0.0200. The molecule has 0 atom stereocenters. The first-order valence-electron chi connectivity index (χ1n) is 8.91. The molecule has 5 heteroatoms. The van der Waals surface area contributed by atoms with Crippen molar-refractivity contribution >= 4 is 17.5 Å². The average molecular weight is 331 g/mol. The zero-order valence-corrected chi connectivity index (χ0v) is 15.0. The molecule has 1 heterocycles. The lowest BCUT2D eigenvalue weighted by Gasteiger charge is -2.32. The van der Waals surface area contributed by atoms with E-state index < -0.39 is 0 Å². The summed E-state index contributed by atoms with van der Waals surface area (Å²) in [7, 11) is 0. The van der Waals surface area contributed by atoms with Gasteiger partial charge in [-0.2, -0.15) is 0 Å². The quantitative estimate of drug-likeness (QED) is 0.842. The number of piperidine rings is 1. The Hall–Kier alpha value is -1.88. The summed E-state index contributed by atoms with van der Waals surface area (Å²) in [4.78, 5) is 26.5. The molecule has 132 valence electrons. The fraction of sp³-hybridized carbons (Fsp3) is 0.579. The van der Waals surface area contributed by atoms with Crippen LogP contribution in [0.15, 0.2) is 24.3 Å². The van der Waals surface area contributed by atoms with E-state index in [1.165, 1.54) is 0 Å². The van der Waals surface area contributed by atoms with Gasteiger partial charge in [0.2, 0.25) is 11.8 Å². The summed E-state index contributed by atoms with van der Waals surface area (Å²) >= 11 is 0. The van der Waals surface area contributed by atoms with Crippen LogP contribution in [0.25, 0.3) is 0 Å². The molecule has 0 aromatic heterocycles. The van der Waals surface area contributed by atoms with Crippen molar-refractivity contribution in [1.82, 2.24) is 10.2 Å². The number of carbonyl (C=O) groups excluding carboxylic acids is 2. The molecule has 0 aliphatic carbocycles. The van der Waals surface area contributed by atoms with Crippen LogP contribution in [0.5, 0.6) is 0 Å². The number of anilines is 1. The van der Waals surface area contributed by atoms with Crippen molar-refractivity contribution in [2.24, 2.45) is 11.8 Å². The zero-order valence-electron chi connectivity index (χ0n) is 15.0. The van der Waals surface area contributed by atoms with Crippen molar-refractivity contribution < 1.29 is 9.59 Å². The van der Waals surface area contributed by atoms with Gasteiger partial charge in [0.1, 0.15) is 0 Å². The van der Waals surface area contributed by atoms with Crippen LogP contribution in [0, 0.1) is 11.8 Å². The highest BCUT2D eigenvalue weighted by molar-refractivity contribution is 5.93. The van der Waals surface area contributed by atoms with E-state index in [9.17, 15) is 9.59 Å². The van der Waals surface area contributed by atoms with Gasteiger partial charge in [0.25, 0.3) is 0 Å². The van der Waals surface area contributed by atoms with Crippen molar-refractivity contribution in [3.8, 4) is 0 Å². The SMILES string of the molecule is CCNCc1ccccc1NC(=O)C1CCN(C(=O)C(C)C)CC1. The minimum Gasteiger partial charge on any atom is -0.342 e. The monoisotopic (exact) mass is 331 g/mol. The number of nitrogens with zero attached hydrogens (tertiary/aromatic N) is 1. The fourth-order valence-corrected chi connectivity index (χ4v) is 3.02. The lowest BCUT2D eigenvalue weighted by molar-refractivity contribution is -0.137. The van der Waals surface area contributed by atoms with Crippen molar-refractivity contribution in [2.45, 2.75) is 40.2 Å². The van der Waals surface area contributed by atoms with Gasteiger partial charge in [-0.3, -0.25) is 9.59 Å². The lowest BCUT2D eigenvalue weighted by Crippen LogP contribution is -2.43. The van der Waals surface area contributed by atoms with Crippen LogP contribution in [0.3, 0.4) is 0 Å². The molecule has 1 saturated heterocycles. The molecule has 0 bridgehead atoms. The van der Waals surface area contributed by atoms with Crippen LogP contribution in [0.2, 0.25) is 0 Å². The van der Waals surface area contributed by atoms with Gasteiger partial charge in [-0.1, -0.05) is 39.0 Å². The second kappa shape index (κ2) is 8.83. The van der Waals surface area contributed by atoms with E-state index in [-0.39, 0.29) is 23.7 Å². The largest absolute Gasteiger partial charge is 0.342 e. The molecule has 2 amide bonds. The predicted octanol–water partition coefficient (Wildman–Crippen LogP) is 2.63. The molecule has 1 aromatic rings. The molecular formula is C19H29N3O2. The van der Waals surface area contributed by atoms with Crippen LogP contribution < -0.4 is 10.6 Å². The standard InChI is InChI=1S/C19H29N3O2/c1-4-20-13-16-7-5-6-8-17(16)21-18(23)15-9-11-22(12-10-15)19(24)14(2)3/h5-8,14-15,20H,4,9-13H2,1-3H3,(H,21,23). The first-order valence-corrected chi connectivity index (χ1v) is 8.91. The Bertz CT molecular complexity index is 563. The molecule has 1 aromatic carbocycles. The molecule has 24 heavy (non-hydrogen) atoms. The first kappa shape index (κ1) is 18.5. The van der Waals surface area contributed by atoms with E-state index in [0.29, 0.717) is 13.1 Å². The van der Waals surface area contributed by atoms with Crippen molar-refractivity contribution in [1.29, 1.82) is 0 Å². The third-order valence-electron chi connectivity index (χ3n) is 4.51. The normalized spacial score (nSPS) is 15.6. The topological polar surface area (TPSA) is 61.4 Å². The average Bonchev–Trinajstić information content (AvgIpc) is 2.60. The highest BCUT2D eigenvalue weighted by atomic mass is 16.2. The van der Waals surface area contributed by atoms with E-state index >= 15 is 0 Å². The highest BCUT2D eigenvalue weighted by Crippen LogP contribution is 2.22. The molecule has 1 fully saturated rings. The van der Waals surface area contributed by atoms with Crippen LogP contribution in [-0.4, -0.2) is 36.3 Å². The summed E-state index contributed by atoms with van der Waals surface area (Å²) in [5.74, 6) is 0.252. The Morgan fingerprint density at radius 2 is 1.88 bits per heavy atom. The van der Waals surface area contributed by atoms with Crippen LogP contribution >= 0.6 is 0 Å². The van der Waals surface area contributed by atoms with Crippen molar-refractivity contribution in [3.05, 3.63) is 29.8 Å². The van der Waals surface area contributed by atoms with Gasteiger partial charge in [0.15, 0.2) is 0 Å². The Labute approximate surface area is 144 Å². The maximum absolute atomic E-state index is 12.6. The summed E-state index contributed by atoms with van der Waals surface area (Å²) in [6.07, 6.45) is 1.47. The van der Waals surface area contributed by atoms with Crippen LogP contribution in [0.1, 0.15) is 39.2 Å². The second-order valence-corrected chi connectivity index (χ2v) is 6.68. The number of rotatable bonds is 6. The van der Waals surface area contributed by atoms with Crippen LogP contribution in [0.4, 0.5) is 5.69 Å². The molecule has 2 N–H and O–H groups in total. The maximum Gasteiger partial charge on any atom is 0.227 e. The van der Waals surface area contributed by atoms with Crippen LogP contribution in [-0.2, 0) is 16.1 Å². The van der Waals surface area contributed by atoms with Gasteiger partial charge < -0.3 is 15.5 Å². The Morgan fingerprint density at radius 1 is 1.21 bits per heavy atom. The summed E-state index contributed by atoms with van der Waals surface area (Å²) in [5.41, 5.74) is 1.98. The highest BCUT2D eigenvalue weighted by Gasteiger charge is 2.28. The summed E-state index contributed by atoms with van der Waals surface area (Å²) in [5, 5.41) is 6.36. The first-order chi connectivity index (χ1) is 11.5. The zero-order chi connectivity index (χ0) is 17.5. The van der Waals surface area contributed by atoms with Gasteiger partial charge in [-0.25, -0.2) is 0 Å².